The number of unbranched alkanes of at least 4 members (excludes halogenated alkanes) is 18. The normalized spacial score (nSPS) is 14.0. The molecule has 0 aliphatic rings. The van der Waals surface area contributed by atoms with Crippen LogP contribution in [0.25, 0.3) is 0 Å². The number of esters is 2. The van der Waals surface area contributed by atoms with E-state index in [1.165, 1.54) is 96.3 Å². The maximum Gasteiger partial charge on any atom is 0.469 e. The smallest absolute Gasteiger partial charge is 0.462 e. The molecule has 0 amide bonds. The maximum atomic E-state index is 12.4. The van der Waals surface area contributed by atoms with Crippen LogP contribution in [0.4, 0.5) is 0 Å². The van der Waals surface area contributed by atoms with Crippen LogP contribution >= 0.6 is 7.82 Å². The zero-order chi connectivity index (χ0) is 39.3. The lowest BCUT2D eigenvalue weighted by molar-refractivity contribution is -0.161. The third-order valence-corrected chi connectivity index (χ3v) is 9.60. The van der Waals surface area contributed by atoms with Crippen molar-refractivity contribution in [3.63, 3.8) is 0 Å². The monoisotopic (exact) mass is 773 g/mol. The van der Waals surface area contributed by atoms with E-state index in [0.717, 1.165) is 38.5 Å². The van der Waals surface area contributed by atoms with Crippen molar-refractivity contribution < 1.29 is 48.2 Å². The minimum atomic E-state index is -4.83. The van der Waals surface area contributed by atoms with Gasteiger partial charge in [0.25, 0.3) is 0 Å². The zero-order valence-electron chi connectivity index (χ0n) is 33.4. The second kappa shape index (κ2) is 37.1. The van der Waals surface area contributed by atoms with E-state index in [9.17, 15) is 24.4 Å². The number of aliphatic hydroxyl groups is 2. The van der Waals surface area contributed by atoms with Gasteiger partial charge in [-0.2, -0.15) is 0 Å². The van der Waals surface area contributed by atoms with Gasteiger partial charge < -0.3 is 29.5 Å². The lowest BCUT2D eigenvalue weighted by Gasteiger charge is -2.19. The third-order valence-electron chi connectivity index (χ3n) is 9.11. The summed E-state index contributed by atoms with van der Waals surface area (Å²) < 4.78 is 26.2. The molecule has 0 radical (unpaired) electrons. The summed E-state index contributed by atoms with van der Waals surface area (Å²) in [6, 6.07) is 0. The molecule has 0 bridgehead atoms. The summed E-state index contributed by atoms with van der Waals surface area (Å²) in [7, 11) is -4.83. The standard InChI is InChI=1S/C42H77O10P/c1-3-5-7-9-11-13-15-17-18-19-20-22-24-26-28-30-34-41(45)50-36-38(37-51-53(47,48)49)52-42(46)35-31-33-40(44)39(43)32-29-27-25-23-21-16-14-12-10-8-6-4-2/h12,14,21,23,27,29,38-40,43-44H,3-11,13,15-20,22,24-26,28,30-37H2,1-2H3,(H2,47,48,49)/b14-12-,23-21-,29-27-/t38-,39?,40?/m1/s1. The van der Waals surface area contributed by atoms with Crippen molar-refractivity contribution >= 4 is 19.8 Å². The number of rotatable bonds is 38. The van der Waals surface area contributed by atoms with Gasteiger partial charge in [0.05, 0.1) is 18.8 Å². The summed E-state index contributed by atoms with van der Waals surface area (Å²) in [5, 5.41) is 20.6. The molecule has 0 rings (SSSR count). The van der Waals surface area contributed by atoms with Crippen molar-refractivity contribution in [2.45, 2.75) is 206 Å². The van der Waals surface area contributed by atoms with Gasteiger partial charge in [-0.3, -0.25) is 14.1 Å². The fraction of sp³-hybridized carbons (Fsp3) is 0.810. The Balaban J connectivity index is 4.16. The van der Waals surface area contributed by atoms with Gasteiger partial charge in [-0.25, -0.2) is 4.57 Å². The van der Waals surface area contributed by atoms with E-state index < -0.39 is 44.7 Å². The Morgan fingerprint density at radius 1 is 0.566 bits per heavy atom. The summed E-state index contributed by atoms with van der Waals surface area (Å²) in [4.78, 5) is 42.9. The van der Waals surface area contributed by atoms with Gasteiger partial charge in [-0.15, -0.1) is 0 Å². The van der Waals surface area contributed by atoms with Crippen molar-refractivity contribution in [1.82, 2.24) is 0 Å². The minimum absolute atomic E-state index is 0.100. The van der Waals surface area contributed by atoms with E-state index >= 15 is 0 Å². The first kappa shape index (κ1) is 51.2. The van der Waals surface area contributed by atoms with E-state index in [1.807, 2.05) is 12.2 Å². The number of hydrogen-bond acceptors (Lipinski definition) is 8. The highest BCUT2D eigenvalue weighted by molar-refractivity contribution is 7.46. The van der Waals surface area contributed by atoms with E-state index in [0.29, 0.717) is 6.42 Å². The molecule has 11 heteroatoms. The SMILES string of the molecule is CCCCC/C=C\C/C=C\C/C=C\CC(O)C(O)CCCC(=O)O[C@H](COC(=O)CCCCCCCCCCCCCCCCCC)COP(=O)(O)O. The molecule has 0 fully saturated rings. The van der Waals surface area contributed by atoms with Gasteiger partial charge in [-0.05, 0) is 51.4 Å². The van der Waals surface area contributed by atoms with Crippen LogP contribution < -0.4 is 0 Å². The lowest BCUT2D eigenvalue weighted by Crippen LogP contribution is -2.30. The van der Waals surface area contributed by atoms with Gasteiger partial charge in [0.15, 0.2) is 6.10 Å². The molecule has 310 valence electrons. The summed E-state index contributed by atoms with van der Waals surface area (Å²) in [5.41, 5.74) is 0. The largest absolute Gasteiger partial charge is 0.469 e. The summed E-state index contributed by atoms with van der Waals surface area (Å²) >= 11 is 0. The molecule has 0 saturated carbocycles. The zero-order valence-corrected chi connectivity index (χ0v) is 34.3. The molecule has 0 heterocycles. The molecule has 2 unspecified atom stereocenters. The average molecular weight is 773 g/mol. The van der Waals surface area contributed by atoms with Gasteiger partial charge in [0.1, 0.15) is 6.61 Å². The van der Waals surface area contributed by atoms with E-state index in [2.05, 4.69) is 42.7 Å². The first-order chi connectivity index (χ1) is 25.6. The number of aliphatic hydroxyl groups excluding tert-OH is 2. The van der Waals surface area contributed by atoms with Crippen LogP contribution in [0.15, 0.2) is 36.5 Å². The van der Waals surface area contributed by atoms with Crippen LogP contribution in [0.5, 0.6) is 0 Å². The van der Waals surface area contributed by atoms with Crippen LogP contribution in [0, 0.1) is 0 Å². The predicted molar refractivity (Wildman–Crippen MR) is 214 cm³/mol. The lowest BCUT2D eigenvalue weighted by atomic mass is 10.0. The maximum absolute atomic E-state index is 12.4. The molecule has 0 spiro atoms. The minimum Gasteiger partial charge on any atom is -0.462 e. The number of phosphoric ester groups is 1. The Morgan fingerprint density at radius 3 is 1.58 bits per heavy atom. The summed E-state index contributed by atoms with van der Waals surface area (Å²) in [5.74, 6) is -1.16. The highest BCUT2D eigenvalue weighted by atomic mass is 31.2. The predicted octanol–water partition coefficient (Wildman–Crippen LogP) is 10.5. The first-order valence-electron chi connectivity index (χ1n) is 20.9. The Hall–Kier alpha value is -1.81. The van der Waals surface area contributed by atoms with Gasteiger partial charge in [0.2, 0.25) is 0 Å². The quantitative estimate of drug-likeness (QED) is 0.0206. The van der Waals surface area contributed by atoms with E-state index in [4.69, 9.17) is 19.3 Å². The Morgan fingerprint density at radius 2 is 1.04 bits per heavy atom. The number of carbonyl (C=O) groups is 2. The summed E-state index contributed by atoms with van der Waals surface area (Å²) in [6.07, 6.45) is 36.1. The van der Waals surface area contributed by atoms with Gasteiger partial charge >= 0.3 is 19.8 Å². The van der Waals surface area contributed by atoms with Crippen molar-refractivity contribution in [3.05, 3.63) is 36.5 Å². The number of allylic oxidation sites excluding steroid dienone is 5. The Labute approximate surface area is 322 Å². The fourth-order valence-electron chi connectivity index (χ4n) is 5.83. The molecule has 53 heavy (non-hydrogen) atoms. The first-order valence-corrected chi connectivity index (χ1v) is 22.5. The van der Waals surface area contributed by atoms with Crippen LogP contribution in [-0.2, 0) is 28.2 Å². The number of phosphoric acid groups is 1. The number of carbonyl (C=O) groups excluding carboxylic acids is 2. The van der Waals surface area contributed by atoms with E-state index in [-0.39, 0.29) is 38.7 Å². The van der Waals surface area contributed by atoms with Gasteiger partial charge in [0, 0.05) is 12.8 Å². The number of hydrogen-bond donors (Lipinski definition) is 4. The van der Waals surface area contributed by atoms with Crippen molar-refractivity contribution in [2.24, 2.45) is 0 Å². The molecular weight excluding hydrogens is 695 g/mol. The summed E-state index contributed by atoms with van der Waals surface area (Å²) in [6.45, 7) is 3.42. The number of ether oxygens (including phenoxy) is 2. The second-order valence-electron chi connectivity index (χ2n) is 14.3. The third kappa shape index (κ3) is 38.3. The van der Waals surface area contributed by atoms with Crippen LogP contribution in [0.1, 0.15) is 187 Å². The molecular formula is C42H77O10P. The fourth-order valence-corrected chi connectivity index (χ4v) is 6.19. The molecule has 0 aromatic rings. The Kier molecular flexibility index (Phi) is 35.9. The molecule has 0 aliphatic carbocycles. The highest BCUT2D eigenvalue weighted by Crippen LogP contribution is 2.36. The van der Waals surface area contributed by atoms with Crippen molar-refractivity contribution in [2.75, 3.05) is 13.2 Å². The second-order valence-corrected chi connectivity index (χ2v) is 15.5. The van der Waals surface area contributed by atoms with Crippen LogP contribution in [-0.4, -0.2) is 63.5 Å². The van der Waals surface area contributed by atoms with Crippen LogP contribution in [0.2, 0.25) is 0 Å². The average Bonchev–Trinajstić information content (AvgIpc) is 3.12. The topological polar surface area (TPSA) is 160 Å². The molecule has 3 atom stereocenters. The van der Waals surface area contributed by atoms with Crippen LogP contribution in [0.3, 0.4) is 0 Å². The van der Waals surface area contributed by atoms with E-state index in [1.54, 1.807) is 0 Å². The molecule has 0 aromatic heterocycles. The molecule has 0 aliphatic heterocycles. The molecule has 4 N–H and O–H groups in total. The molecule has 0 saturated heterocycles. The van der Waals surface area contributed by atoms with Crippen molar-refractivity contribution in [1.29, 1.82) is 0 Å². The molecule has 10 nitrogen and oxygen atoms in total. The Bertz CT molecular complexity index is 992. The highest BCUT2D eigenvalue weighted by Gasteiger charge is 2.23. The molecule has 0 aromatic carbocycles. The van der Waals surface area contributed by atoms with Crippen molar-refractivity contribution in [3.8, 4) is 0 Å². The van der Waals surface area contributed by atoms with Gasteiger partial charge in [-0.1, -0.05) is 159 Å².